The van der Waals surface area contributed by atoms with E-state index in [2.05, 4.69) is 0 Å². The summed E-state index contributed by atoms with van der Waals surface area (Å²) in [6, 6.07) is 0. The van der Waals surface area contributed by atoms with Crippen LogP contribution in [0.4, 0.5) is 0 Å². The number of hydrogen-bond acceptors (Lipinski definition) is 5. The van der Waals surface area contributed by atoms with Crippen molar-refractivity contribution in [1.29, 1.82) is 0 Å². The molecular formula is C18H34O6. The van der Waals surface area contributed by atoms with Crippen LogP contribution < -0.4 is 0 Å². The molecule has 0 aliphatic carbocycles. The first-order chi connectivity index (χ1) is 11.4. The van der Waals surface area contributed by atoms with Gasteiger partial charge in [-0.2, -0.15) is 0 Å². The zero-order valence-electron chi connectivity index (χ0n) is 15.6. The number of carbonyl (C=O) groups is 2. The van der Waals surface area contributed by atoms with Crippen LogP contribution >= 0.6 is 0 Å². The van der Waals surface area contributed by atoms with Crippen molar-refractivity contribution >= 4 is 11.8 Å². The summed E-state index contributed by atoms with van der Waals surface area (Å²) < 4.78 is 17.3. The maximum Gasteiger partial charge on any atom is 0.319 e. The van der Waals surface area contributed by atoms with Crippen molar-refractivity contribution < 1.29 is 28.9 Å². The quantitative estimate of drug-likeness (QED) is 0.262. The maximum absolute atomic E-state index is 12.0. The Morgan fingerprint density at radius 3 is 1.75 bits per heavy atom. The second kappa shape index (κ2) is 13.3. The third-order valence-corrected chi connectivity index (χ3v) is 3.73. The van der Waals surface area contributed by atoms with Crippen molar-refractivity contribution in [3.05, 3.63) is 0 Å². The van der Waals surface area contributed by atoms with E-state index in [1.165, 1.54) is 6.92 Å². The van der Waals surface area contributed by atoms with Crippen molar-refractivity contribution in [2.75, 3.05) is 26.4 Å². The third-order valence-electron chi connectivity index (χ3n) is 3.73. The van der Waals surface area contributed by atoms with Gasteiger partial charge in [-0.15, -0.1) is 0 Å². The summed E-state index contributed by atoms with van der Waals surface area (Å²) in [6.45, 7) is 8.41. The molecule has 1 N–H and O–H groups in total. The van der Waals surface area contributed by atoms with Gasteiger partial charge < -0.3 is 19.3 Å². The first-order valence-electron chi connectivity index (χ1n) is 9.04. The van der Waals surface area contributed by atoms with E-state index in [4.69, 9.17) is 14.2 Å². The number of Topliss-reactive ketones (excluding diaryl/α,β-unsaturated/α-hetero) is 1. The van der Waals surface area contributed by atoms with Crippen LogP contribution in [-0.2, 0) is 23.8 Å². The summed E-state index contributed by atoms with van der Waals surface area (Å²) in [5.41, 5.74) is 0. The van der Waals surface area contributed by atoms with Gasteiger partial charge in [0.1, 0.15) is 12.4 Å². The van der Waals surface area contributed by atoms with Gasteiger partial charge in [0.2, 0.25) is 5.79 Å². The van der Waals surface area contributed by atoms with Crippen molar-refractivity contribution in [3.63, 3.8) is 0 Å². The van der Waals surface area contributed by atoms with Crippen LogP contribution in [0.1, 0.15) is 66.2 Å². The van der Waals surface area contributed by atoms with Crippen LogP contribution in [0.15, 0.2) is 0 Å². The molecule has 24 heavy (non-hydrogen) atoms. The zero-order chi connectivity index (χ0) is 18.4. The number of rotatable bonds is 16. The van der Waals surface area contributed by atoms with Gasteiger partial charge in [-0.3, -0.25) is 9.59 Å². The van der Waals surface area contributed by atoms with Gasteiger partial charge in [0.15, 0.2) is 5.92 Å². The van der Waals surface area contributed by atoms with Gasteiger partial charge in [-0.1, -0.05) is 40.0 Å². The minimum absolute atomic E-state index is 0.0586. The van der Waals surface area contributed by atoms with Gasteiger partial charge in [0.25, 0.3) is 0 Å². The summed E-state index contributed by atoms with van der Waals surface area (Å²) in [5, 5.41) is 9.56. The monoisotopic (exact) mass is 346 g/mol. The molecule has 6 nitrogen and oxygen atoms in total. The summed E-state index contributed by atoms with van der Waals surface area (Å²) in [4.78, 5) is 23.7. The SMILES string of the molecule is CCCCOCC(OCCCC)(OCCCC)C(C(C)=O)C(=O)O. The smallest absolute Gasteiger partial charge is 0.319 e. The van der Waals surface area contributed by atoms with E-state index in [1.54, 1.807) is 0 Å². The van der Waals surface area contributed by atoms with E-state index in [-0.39, 0.29) is 6.61 Å². The topological polar surface area (TPSA) is 82.1 Å². The Morgan fingerprint density at radius 2 is 1.38 bits per heavy atom. The van der Waals surface area contributed by atoms with Crippen molar-refractivity contribution in [3.8, 4) is 0 Å². The number of unbranched alkanes of at least 4 members (excludes halogenated alkanes) is 3. The number of hydrogen-bond donors (Lipinski definition) is 1. The number of carboxylic acid groups (broad SMARTS) is 1. The Hall–Kier alpha value is -0.980. The average molecular weight is 346 g/mol. The summed E-state index contributed by atoms with van der Waals surface area (Å²) in [6.07, 6.45) is 5.16. The van der Waals surface area contributed by atoms with Crippen LogP contribution in [0.5, 0.6) is 0 Å². The molecule has 142 valence electrons. The molecule has 0 heterocycles. The molecule has 0 aromatic carbocycles. The lowest BCUT2D eigenvalue weighted by Gasteiger charge is -2.37. The van der Waals surface area contributed by atoms with E-state index in [0.717, 1.165) is 38.5 Å². The highest BCUT2D eigenvalue weighted by Crippen LogP contribution is 2.28. The Kier molecular flexibility index (Phi) is 12.8. The lowest BCUT2D eigenvalue weighted by molar-refractivity contribution is -0.282. The molecule has 0 aliphatic heterocycles. The Labute approximate surface area is 145 Å². The van der Waals surface area contributed by atoms with E-state index in [0.29, 0.717) is 19.8 Å². The number of carbonyl (C=O) groups excluding carboxylic acids is 1. The number of aliphatic carboxylic acids is 1. The minimum Gasteiger partial charge on any atom is -0.481 e. The summed E-state index contributed by atoms with van der Waals surface area (Å²) in [7, 11) is 0. The fraction of sp³-hybridized carbons (Fsp3) is 0.889. The largest absolute Gasteiger partial charge is 0.481 e. The van der Waals surface area contributed by atoms with Crippen LogP contribution in [-0.4, -0.2) is 49.1 Å². The zero-order valence-corrected chi connectivity index (χ0v) is 15.6. The molecule has 0 fully saturated rings. The Balaban J connectivity index is 5.34. The van der Waals surface area contributed by atoms with E-state index < -0.39 is 23.5 Å². The van der Waals surface area contributed by atoms with Gasteiger partial charge in [0.05, 0.1) is 13.2 Å². The van der Waals surface area contributed by atoms with Crippen LogP contribution in [0, 0.1) is 5.92 Å². The molecule has 0 saturated heterocycles. The predicted octanol–water partition coefficient (Wildman–Crippen LogP) is 3.42. The predicted molar refractivity (Wildman–Crippen MR) is 92.0 cm³/mol. The molecule has 0 aromatic rings. The highest BCUT2D eigenvalue weighted by atomic mass is 16.7. The molecule has 0 spiro atoms. The highest BCUT2D eigenvalue weighted by molar-refractivity contribution is 5.98. The molecule has 0 saturated carbocycles. The van der Waals surface area contributed by atoms with Crippen molar-refractivity contribution in [1.82, 2.24) is 0 Å². The van der Waals surface area contributed by atoms with Crippen LogP contribution in [0.25, 0.3) is 0 Å². The number of ether oxygens (including phenoxy) is 3. The fourth-order valence-corrected chi connectivity index (χ4v) is 2.29. The van der Waals surface area contributed by atoms with Gasteiger partial charge >= 0.3 is 5.97 Å². The van der Waals surface area contributed by atoms with Crippen molar-refractivity contribution in [2.45, 2.75) is 72.0 Å². The van der Waals surface area contributed by atoms with Crippen molar-refractivity contribution in [2.24, 2.45) is 5.92 Å². The Bertz CT molecular complexity index is 331. The first-order valence-corrected chi connectivity index (χ1v) is 9.04. The van der Waals surface area contributed by atoms with Crippen LogP contribution in [0.2, 0.25) is 0 Å². The molecule has 0 bridgehead atoms. The minimum atomic E-state index is -1.56. The van der Waals surface area contributed by atoms with Gasteiger partial charge in [-0.05, 0) is 26.2 Å². The standard InChI is InChI=1S/C18H34O6/c1-5-8-11-22-14-18(23-12-9-6-2,24-13-10-7-3)16(15(4)19)17(20)21/h16H,5-14H2,1-4H3,(H,20,21). The third kappa shape index (κ3) is 8.22. The second-order valence-electron chi connectivity index (χ2n) is 6.00. The van der Waals surface area contributed by atoms with E-state index >= 15 is 0 Å². The summed E-state index contributed by atoms with van der Waals surface area (Å²) in [5.74, 6) is -4.69. The molecule has 0 radical (unpaired) electrons. The molecule has 0 aromatic heterocycles. The second-order valence-corrected chi connectivity index (χ2v) is 6.00. The van der Waals surface area contributed by atoms with E-state index in [1.807, 2.05) is 20.8 Å². The lowest BCUT2D eigenvalue weighted by atomic mass is 9.94. The normalized spacial score (nSPS) is 13.0. The molecule has 6 heteroatoms. The number of ketones is 1. The van der Waals surface area contributed by atoms with E-state index in [9.17, 15) is 14.7 Å². The Morgan fingerprint density at radius 1 is 0.917 bits per heavy atom. The number of carboxylic acids is 1. The lowest BCUT2D eigenvalue weighted by Crippen LogP contribution is -2.54. The average Bonchev–Trinajstić information content (AvgIpc) is 2.51. The molecule has 0 rings (SSSR count). The molecular weight excluding hydrogens is 312 g/mol. The molecule has 1 atom stereocenters. The molecule has 0 aliphatic rings. The fourth-order valence-electron chi connectivity index (χ4n) is 2.29. The first kappa shape index (κ1) is 23.0. The highest BCUT2D eigenvalue weighted by Gasteiger charge is 2.49. The molecule has 1 unspecified atom stereocenters. The van der Waals surface area contributed by atoms with Crippen LogP contribution in [0.3, 0.4) is 0 Å². The maximum atomic E-state index is 12.0. The molecule has 0 amide bonds. The van der Waals surface area contributed by atoms with Gasteiger partial charge in [-0.25, -0.2) is 0 Å². The van der Waals surface area contributed by atoms with Gasteiger partial charge in [0, 0.05) is 6.61 Å². The summed E-state index contributed by atoms with van der Waals surface area (Å²) >= 11 is 0.